The van der Waals surface area contributed by atoms with Gasteiger partial charge in [-0.25, -0.2) is 4.79 Å². The van der Waals surface area contributed by atoms with Gasteiger partial charge in [0, 0.05) is 0 Å². The predicted octanol–water partition coefficient (Wildman–Crippen LogP) is 2.55. The zero-order valence-electron chi connectivity index (χ0n) is 7.51. The van der Waals surface area contributed by atoms with Crippen molar-refractivity contribution >= 4 is 18.6 Å². The van der Waals surface area contributed by atoms with Gasteiger partial charge in [0.25, 0.3) is 0 Å². The second kappa shape index (κ2) is 7.22. The van der Waals surface area contributed by atoms with Crippen molar-refractivity contribution < 1.29 is 9.53 Å². The maximum atomic E-state index is 10.8. The van der Waals surface area contributed by atoms with Crippen molar-refractivity contribution in [3.8, 4) is 0 Å². The first kappa shape index (κ1) is 11.6. The summed E-state index contributed by atoms with van der Waals surface area (Å²) >= 11 is 3.77. The van der Waals surface area contributed by atoms with Gasteiger partial charge in [-0.1, -0.05) is 32.8 Å². The highest BCUT2D eigenvalue weighted by Gasteiger charge is 2.02. The van der Waals surface area contributed by atoms with E-state index in [1.54, 1.807) is 0 Å². The predicted molar refractivity (Wildman–Crippen MR) is 53.2 cm³/mol. The van der Waals surface area contributed by atoms with Crippen molar-refractivity contribution in [1.29, 1.82) is 0 Å². The Kier molecular flexibility index (Phi) is 6.96. The van der Waals surface area contributed by atoms with E-state index in [4.69, 9.17) is 4.74 Å². The monoisotopic (exact) mass is 188 g/mol. The van der Waals surface area contributed by atoms with Gasteiger partial charge in [-0.15, -0.1) is 12.6 Å². The van der Waals surface area contributed by atoms with E-state index in [0.29, 0.717) is 6.61 Å². The lowest BCUT2D eigenvalue weighted by Crippen LogP contribution is -2.04. The van der Waals surface area contributed by atoms with E-state index in [0.717, 1.165) is 12.8 Å². The van der Waals surface area contributed by atoms with E-state index >= 15 is 0 Å². The van der Waals surface area contributed by atoms with Gasteiger partial charge >= 0.3 is 5.97 Å². The standard InChI is InChI=1S/C9H16O2S/c1-3-4-5-6-7-11-9(10)8(2)12/h12H,2-7H2,1H3. The quantitative estimate of drug-likeness (QED) is 0.300. The van der Waals surface area contributed by atoms with Crippen LogP contribution in [-0.4, -0.2) is 12.6 Å². The molecule has 0 unspecified atom stereocenters. The molecule has 0 aliphatic carbocycles. The number of hydrogen-bond acceptors (Lipinski definition) is 3. The Morgan fingerprint density at radius 1 is 1.42 bits per heavy atom. The first-order chi connectivity index (χ1) is 5.68. The van der Waals surface area contributed by atoms with Crippen LogP contribution in [-0.2, 0) is 9.53 Å². The van der Waals surface area contributed by atoms with E-state index in [1.165, 1.54) is 12.8 Å². The number of carbonyl (C=O) groups excluding carboxylic acids is 1. The summed E-state index contributed by atoms with van der Waals surface area (Å²) in [6.45, 7) is 5.98. The molecule has 0 fully saturated rings. The van der Waals surface area contributed by atoms with Crippen LogP contribution >= 0.6 is 12.6 Å². The molecule has 0 bridgehead atoms. The van der Waals surface area contributed by atoms with Gasteiger partial charge in [0.15, 0.2) is 0 Å². The Balaban J connectivity index is 3.20. The van der Waals surface area contributed by atoms with Gasteiger partial charge < -0.3 is 4.74 Å². The Labute approximate surface area is 79.4 Å². The van der Waals surface area contributed by atoms with Crippen LogP contribution in [0.15, 0.2) is 11.5 Å². The average molecular weight is 188 g/mol. The third-order valence-electron chi connectivity index (χ3n) is 1.47. The summed E-state index contributed by atoms with van der Waals surface area (Å²) in [5, 5.41) is 0. The Hall–Kier alpha value is -0.440. The number of rotatable bonds is 6. The molecule has 0 spiro atoms. The normalized spacial score (nSPS) is 9.50. The van der Waals surface area contributed by atoms with Gasteiger partial charge in [-0.3, -0.25) is 0 Å². The van der Waals surface area contributed by atoms with Gasteiger partial charge in [0.05, 0.1) is 11.5 Å². The molecule has 70 valence electrons. The van der Waals surface area contributed by atoms with Crippen LogP contribution < -0.4 is 0 Å². The zero-order valence-corrected chi connectivity index (χ0v) is 8.40. The van der Waals surface area contributed by atoms with Crippen LogP contribution in [0.4, 0.5) is 0 Å². The number of unbranched alkanes of at least 4 members (excludes halogenated alkanes) is 3. The molecule has 0 aromatic heterocycles. The first-order valence-corrected chi connectivity index (χ1v) is 4.68. The molecule has 12 heavy (non-hydrogen) atoms. The third-order valence-corrected chi connectivity index (χ3v) is 1.65. The first-order valence-electron chi connectivity index (χ1n) is 4.23. The molecule has 0 aliphatic heterocycles. The summed E-state index contributed by atoms with van der Waals surface area (Å²) in [5.41, 5.74) is 0. The molecule has 0 saturated carbocycles. The highest BCUT2D eigenvalue weighted by Crippen LogP contribution is 2.02. The van der Waals surface area contributed by atoms with Crippen molar-refractivity contribution in [3.63, 3.8) is 0 Å². The van der Waals surface area contributed by atoms with Crippen LogP contribution in [0, 0.1) is 0 Å². The summed E-state index contributed by atoms with van der Waals surface area (Å²) in [6, 6.07) is 0. The van der Waals surface area contributed by atoms with E-state index < -0.39 is 5.97 Å². The van der Waals surface area contributed by atoms with E-state index in [1.807, 2.05) is 0 Å². The Morgan fingerprint density at radius 3 is 2.58 bits per heavy atom. The molecule has 0 N–H and O–H groups in total. The summed E-state index contributed by atoms with van der Waals surface area (Å²) in [6.07, 6.45) is 4.43. The fourth-order valence-corrected chi connectivity index (χ4v) is 0.842. The number of carbonyl (C=O) groups is 1. The van der Waals surface area contributed by atoms with Crippen LogP contribution in [0.1, 0.15) is 32.6 Å². The molecular formula is C9H16O2S. The lowest BCUT2D eigenvalue weighted by molar-refractivity contribution is -0.138. The molecule has 3 heteroatoms. The SMILES string of the molecule is C=C(S)C(=O)OCCCCCC. The summed E-state index contributed by atoms with van der Waals surface area (Å²) in [7, 11) is 0. The fourth-order valence-electron chi connectivity index (χ4n) is 0.777. The van der Waals surface area contributed by atoms with Crippen LogP contribution in [0.25, 0.3) is 0 Å². The van der Waals surface area contributed by atoms with Crippen molar-refractivity contribution in [2.45, 2.75) is 32.6 Å². The molecule has 0 atom stereocenters. The maximum Gasteiger partial charge on any atom is 0.343 e. The summed E-state index contributed by atoms with van der Waals surface area (Å²) in [5.74, 6) is -0.408. The second-order valence-corrected chi connectivity index (χ2v) is 3.18. The van der Waals surface area contributed by atoms with Crippen LogP contribution in [0.5, 0.6) is 0 Å². The van der Waals surface area contributed by atoms with Crippen molar-refractivity contribution in [3.05, 3.63) is 11.5 Å². The largest absolute Gasteiger partial charge is 0.462 e. The van der Waals surface area contributed by atoms with Gasteiger partial charge in [-0.05, 0) is 6.42 Å². The molecular weight excluding hydrogens is 172 g/mol. The molecule has 0 rings (SSSR count). The van der Waals surface area contributed by atoms with E-state index in [2.05, 4.69) is 26.1 Å². The Bertz CT molecular complexity index is 155. The number of ether oxygens (including phenoxy) is 1. The molecule has 0 aromatic rings. The molecule has 0 aliphatic rings. The maximum absolute atomic E-state index is 10.8. The molecule has 0 radical (unpaired) electrons. The van der Waals surface area contributed by atoms with Crippen molar-refractivity contribution in [2.75, 3.05) is 6.61 Å². The van der Waals surface area contributed by atoms with E-state index in [-0.39, 0.29) is 4.91 Å². The van der Waals surface area contributed by atoms with Crippen LogP contribution in [0.2, 0.25) is 0 Å². The highest BCUT2D eigenvalue weighted by molar-refractivity contribution is 7.85. The molecule has 0 amide bonds. The number of esters is 1. The topological polar surface area (TPSA) is 26.3 Å². The number of thiol groups is 1. The Morgan fingerprint density at radius 2 is 2.08 bits per heavy atom. The minimum absolute atomic E-state index is 0.172. The number of hydrogen-bond donors (Lipinski definition) is 1. The molecule has 0 saturated heterocycles. The molecule has 2 nitrogen and oxygen atoms in total. The molecule has 0 aromatic carbocycles. The fraction of sp³-hybridized carbons (Fsp3) is 0.667. The van der Waals surface area contributed by atoms with Crippen molar-refractivity contribution in [1.82, 2.24) is 0 Å². The van der Waals surface area contributed by atoms with E-state index in [9.17, 15) is 4.79 Å². The van der Waals surface area contributed by atoms with Crippen molar-refractivity contribution in [2.24, 2.45) is 0 Å². The molecule has 0 heterocycles. The summed E-state index contributed by atoms with van der Waals surface area (Å²) in [4.78, 5) is 10.9. The smallest absolute Gasteiger partial charge is 0.343 e. The summed E-state index contributed by atoms with van der Waals surface area (Å²) < 4.78 is 4.84. The van der Waals surface area contributed by atoms with Gasteiger partial charge in [-0.2, -0.15) is 0 Å². The zero-order chi connectivity index (χ0) is 9.40. The average Bonchev–Trinajstić information content (AvgIpc) is 2.03. The third kappa shape index (κ3) is 6.28. The second-order valence-electron chi connectivity index (χ2n) is 2.64. The minimum Gasteiger partial charge on any atom is -0.462 e. The van der Waals surface area contributed by atoms with Gasteiger partial charge in [0.1, 0.15) is 0 Å². The van der Waals surface area contributed by atoms with Crippen LogP contribution in [0.3, 0.4) is 0 Å². The lowest BCUT2D eigenvalue weighted by atomic mass is 10.2. The van der Waals surface area contributed by atoms with Gasteiger partial charge in [0.2, 0.25) is 0 Å². The minimum atomic E-state index is -0.408. The highest BCUT2D eigenvalue weighted by atomic mass is 32.1. The lowest BCUT2D eigenvalue weighted by Gasteiger charge is -2.02.